The fourth-order valence-corrected chi connectivity index (χ4v) is 1.14. The fourth-order valence-electron chi connectivity index (χ4n) is 0.873. The molecule has 0 saturated carbocycles. The highest BCUT2D eigenvalue weighted by molar-refractivity contribution is 9.10. The molecule has 0 aliphatic carbocycles. The van der Waals surface area contributed by atoms with Crippen LogP contribution in [0, 0.1) is 0 Å². The number of benzene rings is 1. The number of rotatable bonds is 4. The van der Waals surface area contributed by atoms with E-state index in [1.54, 1.807) is 12.1 Å². The Bertz CT molecular complexity index is 287. The number of alkyl halides is 2. The zero-order chi connectivity index (χ0) is 10.6. The molecular weight excluding hydrogens is 258 g/mol. The van der Waals surface area contributed by atoms with E-state index in [9.17, 15) is 8.78 Å². The first-order chi connectivity index (χ1) is 6.53. The molecule has 5 heteroatoms. The molecule has 0 unspecified atom stereocenters. The number of hydrogen-bond donors (Lipinski definition) is 0. The molecule has 0 aliphatic heterocycles. The normalized spacial score (nSPS) is 11.4. The monoisotopic (exact) mass is 266 g/mol. The molecule has 78 valence electrons. The van der Waals surface area contributed by atoms with Crippen molar-refractivity contribution in [2.24, 2.45) is 0 Å². The van der Waals surface area contributed by atoms with Crippen LogP contribution in [0.15, 0.2) is 28.7 Å². The summed E-state index contributed by atoms with van der Waals surface area (Å²) in [5, 5.41) is 0. The second-order valence-corrected chi connectivity index (χ2v) is 3.54. The molecule has 0 heterocycles. The van der Waals surface area contributed by atoms with Crippen molar-refractivity contribution >= 4 is 15.9 Å². The molecule has 1 rings (SSSR count). The predicted molar refractivity (Wildman–Crippen MR) is 51.6 cm³/mol. The second-order valence-electron chi connectivity index (χ2n) is 2.63. The van der Waals surface area contributed by atoms with Gasteiger partial charge in [-0.3, -0.25) is 0 Å². The molecule has 0 radical (unpaired) electrons. The fraction of sp³-hybridized carbons (Fsp3) is 0.333. The first-order valence-electron chi connectivity index (χ1n) is 3.85. The summed E-state index contributed by atoms with van der Waals surface area (Å²) in [7, 11) is 1.19. The average molecular weight is 267 g/mol. The molecule has 1 aromatic rings. The molecule has 2 nitrogen and oxygen atoms in total. The Labute approximate surface area is 89.0 Å². The van der Waals surface area contributed by atoms with Crippen LogP contribution in [0.4, 0.5) is 8.78 Å². The zero-order valence-electron chi connectivity index (χ0n) is 7.47. The molecule has 0 bridgehead atoms. The van der Waals surface area contributed by atoms with Gasteiger partial charge in [0.1, 0.15) is 12.4 Å². The minimum atomic E-state index is -3.29. The summed E-state index contributed by atoms with van der Waals surface area (Å²) in [5.41, 5.74) is 0. The minimum absolute atomic E-state index is 0.107. The van der Waals surface area contributed by atoms with Crippen molar-refractivity contribution in [2.45, 2.75) is 6.11 Å². The second kappa shape index (κ2) is 4.70. The Morgan fingerprint density at radius 2 is 1.86 bits per heavy atom. The van der Waals surface area contributed by atoms with E-state index in [1.165, 1.54) is 19.2 Å². The maximum Gasteiger partial charge on any atom is 0.421 e. The van der Waals surface area contributed by atoms with E-state index in [1.807, 2.05) is 0 Å². The van der Waals surface area contributed by atoms with Gasteiger partial charge in [0.2, 0.25) is 0 Å². The van der Waals surface area contributed by atoms with Gasteiger partial charge < -0.3 is 9.47 Å². The van der Waals surface area contributed by atoms with E-state index in [2.05, 4.69) is 25.4 Å². The quantitative estimate of drug-likeness (QED) is 0.834. The number of halogens is 3. The molecule has 0 N–H and O–H groups in total. The van der Waals surface area contributed by atoms with E-state index >= 15 is 0 Å². The summed E-state index contributed by atoms with van der Waals surface area (Å²) in [6.45, 7) is -0.761. The van der Waals surface area contributed by atoms with E-state index in [0.717, 1.165) is 4.47 Å². The third kappa shape index (κ3) is 3.59. The summed E-state index contributed by atoms with van der Waals surface area (Å²) >= 11 is 3.19. The summed E-state index contributed by atoms with van der Waals surface area (Å²) < 4.78 is 35.2. The molecule has 0 saturated heterocycles. The first-order valence-corrected chi connectivity index (χ1v) is 4.64. The first kappa shape index (κ1) is 11.4. The van der Waals surface area contributed by atoms with Crippen molar-refractivity contribution in [3.05, 3.63) is 28.7 Å². The van der Waals surface area contributed by atoms with Crippen LogP contribution in [0.1, 0.15) is 0 Å². The van der Waals surface area contributed by atoms with Crippen molar-refractivity contribution < 1.29 is 18.3 Å². The molecule has 0 spiro atoms. The Hall–Kier alpha value is -0.680. The Morgan fingerprint density at radius 3 is 2.36 bits per heavy atom. The van der Waals surface area contributed by atoms with Crippen molar-refractivity contribution in [1.29, 1.82) is 0 Å². The van der Waals surface area contributed by atoms with Crippen LogP contribution in [0.2, 0.25) is 0 Å². The van der Waals surface area contributed by atoms with Crippen molar-refractivity contribution in [1.82, 2.24) is 0 Å². The van der Waals surface area contributed by atoms with Gasteiger partial charge in [0.05, 0.1) is 0 Å². The average Bonchev–Trinajstić information content (AvgIpc) is 2.08. The zero-order valence-corrected chi connectivity index (χ0v) is 9.05. The molecule has 0 atom stereocenters. The summed E-state index contributed by atoms with van der Waals surface area (Å²) in [6.07, 6.45) is -3.29. The lowest BCUT2D eigenvalue weighted by atomic mass is 10.3. The van der Waals surface area contributed by atoms with Crippen LogP contribution in [0.25, 0.3) is 0 Å². The van der Waals surface area contributed by atoms with Crippen LogP contribution < -0.4 is 4.74 Å². The van der Waals surface area contributed by atoms with Gasteiger partial charge in [0.15, 0.2) is 0 Å². The van der Waals surface area contributed by atoms with Gasteiger partial charge in [-0.05, 0) is 24.3 Å². The Kier molecular flexibility index (Phi) is 3.83. The molecular formula is C9H9BrF2O2. The van der Waals surface area contributed by atoms with Crippen LogP contribution >= 0.6 is 15.9 Å². The standard InChI is InChI=1S/C9H9BrF2O2/c1-13-6-9(11,12)14-8-4-2-7(10)3-5-8/h2-5H,6H2,1H3. The van der Waals surface area contributed by atoms with Crippen LogP contribution in [0.5, 0.6) is 5.75 Å². The van der Waals surface area contributed by atoms with Crippen LogP contribution in [0.3, 0.4) is 0 Å². The van der Waals surface area contributed by atoms with E-state index < -0.39 is 12.7 Å². The third-order valence-electron chi connectivity index (χ3n) is 1.39. The summed E-state index contributed by atoms with van der Waals surface area (Å²) in [5.74, 6) is 0.107. The topological polar surface area (TPSA) is 18.5 Å². The maximum atomic E-state index is 12.9. The Morgan fingerprint density at radius 1 is 1.29 bits per heavy atom. The summed E-state index contributed by atoms with van der Waals surface area (Å²) in [6, 6.07) is 6.15. The van der Waals surface area contributed by atoms with Gasteiger partial charge >= 0.3 is 6.11 Å². The lowest BCUT2D eigenvalue weighted by molar-refractivity contribution is -0.206. The lowest BCUT2D eigenvalue weighted by Crippen LogP contribution is -2.30. The highest BCUT2D eigenvalue weighted by Gasteiger charge is 2.31. The highest BCUT2D eigenvalue weighted by Crippen LogP contribution is 2.23. The third-order valence-corrected chi connectivity index (χ3v) is 1.92. The van der Waals surface area contributed by atoms with Crippen molar-refractivity contribution in [3.8, 4) is 5.75 Å². The molecule has 0 amide bonds. The lowest BCUT2D eigenvalue weighted by Gasteiger charge is -2.16. The smallest absolute Gasteiger partial charge is 0.421 e. The van der Waals surface area contributed by atoms with Gasteiger partial charge in [-0.15, -0.1) is 0 Å². The van der Waals surface area contributed by atoms with Gasteiger partial charge in [-0.2, -0.15) is 8.78 Å². The molecule has 0 aromatic heterocycles. The van der Waals surface area contributed by atoms with Crippen molar-refractivity contribution in [3.63, 3.8) is 0 Å². The molecule has 0 aliphatic rings. The Balaban J connectivity index is 2.64. The van der Waals surface area contributed by atoms with E-state index in [-0.39, 0.29) is 5.75 Å². The molecule has 14 heavy (non-hydrogen) atoms. The van der Waals surface area contributed by atoms with Gasteiger partial charge in [0.25, 0.3) is 0 Å². The van der Waals surface area contributed by atoms with E-state index in [0.29, 0.717) is 0 Å². The predicted octanol–water partition coefficient (Wildman–Crippen LogP) is 3.07. The van der Waals surface area contributed by atoms with Gasteiger partial charge in [-0.1, -0.05) is 15.9 Å². The van der Waals surface area contributed by atoms with Gasteiger partial charge in [0, 0.05) is 11.6 Å². The number of hydrogen-bond acceptors (Lipinski definition) is 2. The van der Waals surface area contributed by atoms with Gasteiger partial charge in [-0.25, -0.2) is 0 Å². The minimum Gasteiger partial charge on any atom is -0.431 e. The highest BCUT2D eigenvalue weighted by atomic mass is 79.9. The maximum absolute atomic E-state index is 12.9. The van der Waals surface area contributed by atoms with Crippen LogP contribution in [-0.2, 0) is 4.74 Å². The SMILES string of the molecule is COCC(F)(F)Oc1ccc(Br)cc1. The van der Waals surface area contributed by atoms with Crippen LogP contribution in [-0.4, -0.2) is 19.8 Å². The number of ether oxygens (including phenoxy) is 2. The largest absolute Gasteiger partial charge is 0.431 e. The number of methoxy groups -OCH3 is 1. The van der Waals surface area contributed by atoms with Crippen molar-refractivity contribution in [2.75, 3.05) is 13.7 Å². The summed E-state index contributed by atoms with van der Waals surface area (Å²) in [4.78, 5) is 0. The molecule has 1 aromatic carbocycles. The molecule has 0 fully saturated rings. The van der Waals surface area contributed by atoms with E-state index in [4.69, 9.17) is 0 Å².